The first-order chi connectivity index (χ1) is 11.7. The molecule has 2 heterocycles. The Morgan fingerprint density at radius 3 is 2.67 bits per heavy atom. The molecule has 24 heavy (non-hydrogen) atoms. The van der Waals surface area contributed by atoms with Crippen molar-refractivity contribution in [2.45, 2.75) is 25.4 Å². The van der Waals surface area contributed by atoms with Gasteiger partial charge in [0.15, 0.2) is 0 Å². The lowest BCUT2D eigenvalue weighted by atomic mass is 10.0. The SMILES string of the molecule is CN1CCC(N(CCO)Cc2ccc(-c3ccccc3Cl)o2)CC1. The highest BCUT2D eigenvalue weighted by atomic mass is 35.5. The van der Waals surface area contributed by atoms with Gasteiger partial charge in [0.05, 0.1) is 18.2 Å². The van der Waals surface area contributed by atoms with Crippen molar-refractivity contribution in [1.29, 1.82) is 0 Å². The molecule has 1 N–H and O–H groups in total. The number of benzene rings is 1. The van der Waals surface area contributed by atoms with E-state index in [0.29, 0.717) is 17.6 Å². The van der Waals surface area contributed by atoms with Crippen LogP contribution >= 0.6 is 11.6 Å². The van der Waals surface area contributed by atoms with Crippen molar-refractivity contribution in [2.75, 3.05) is 33.3 Å². The van der Waals surface area contributed by atoms with Gasteiger partial charge in [0.1, 0.15) is 11.5 Å². The van der Waals surface area contributed by atoms with Gasteiger partial charge >= 0.3 is 0 Å². The second kappa shape index (κ2) is 8.17. The van der Waals surface area contributed by atoms with Crippen LogP contribution in [0.1, 0.15) is 18.6 Å². The van der Waals surface area contributed by atoms with Gasteiger partial charge in [-0.1, -0.05) is 23.7 Å². The first-order valence-corrected chi connectivity index (χ1v) is 8.92. The molecule has 0 bridgehead atoms. The highest BCUT2D eigenvalue weighted by Gasteiger charge is 2.23. The summed E-state index contributed by atoms with van der Waals surface area (Å²) in [6.45, 7) is 3.78. The first kappa shape index (κ1) is 17.5. The summed E-state index contributed by atoms with van der Waals surface area (Å²) in [7, 11) is 2.16. The van der Waals surface area contributed by atoms with Crippen molar-refractivity contribution in [3.05, 3.63) is 47.2 Å². The van der Waals surface area contributed by atoms with Gasteiger partial charge in [-0.2, -0.15) is 0 Å². The Balaban J connectivity index is 1.70. The summed E-state index contributed by atoms with van der Waals surface area (Å²) in [4.78, 5) is 4.69. The van der Waals surface area contributed by atoms with Gasteiger partial charge < -0.3 is 14.4 Å². The number of likely N-dealkylation sites (tertiary alicyclic amines) is 1. The molecule has 0 aliphatic carbocycles. The summed E-state index contributed by atoms with van der Waals surface area (Å²) < 4.78 is 6.02. The summed E-state index contributed by atoms with van der Waals surface area (Å²) >= 11 is 6.25. The van der Waals surface area contributed by atoms with Crippen LogP contribution in [-0.2, 0) is 6.54 Å². The third kappa shape index (κ3) is 4.19. The fourth-order valence-corrected chi connectivity index (χ4v) is 3.58. The van der Waals surface area contributed by atoms with Gasteiger partial charge in [-0.15, -0.1) is 0 Å². The van der Waals surface area contributed by atoms with Crippen molar-refractivity contribution >= 4 is 11.6 Å². The molecule has 1 saturated heterocycles. The summed E-state index contributed by atoms with van der Waals surface area (Å²) in [5.74, 6) is 1.71. The highest BCUT2D eigenvalue weighted by molar-refractivity contribution is 6.33. The average molecular weight is 349 g/mol. The van der Waals surface area contributed by atoms with Gasteiger partial charge in [0.2, 0.25) is 0 Å². The number of aliphatic hydroxyl groups is 1. The molecule has 1 aromatic heterocycles. The topological polar surface area (TPSA) is 39.9 Å². The molecule has 1 fully saturated rings. The van der Waals surface area contributed by atoms with E-state index in [1.165, 1.54) is 0 Å². The van der Waals surface area contributed by atoms with Gasteiger partial charge in [-0.05, 0) is 57.2 Å². The van der Waals surface area contributed by atoms with E-state index < -0.39 is 0 Å². The van der Waals surface area contributed by atoms with E-state index in [1.54, 1.807) is 0 Å². The molecule has 0 atom stereocenters. The van der Waals surface area contributed by atoms with Crippen LogP contribution in [0, 0.1) is 0 Å². The second-order valence-corrected chi connectivity index (χ2v) is 6.88. The fraction of sp³-hybridized carbons (Fsp3) is 0.474. The summed E-state index contributed by atoms with van der Waals surface area (Å²) in [5.41, 5.74) is 0.915. The van der Waals surface area contributed by atoms with E-state index in [4.69, 9.17) is 16.0 Å². The molecule has 1 aromatic carbocycles. The number of halogens is 1. The molecular weight excluding hydrogens is 324 g/mol. The molecule has 0 unspecified atom stereocenters. The van der Waals surface area contributed by atoms with E-state index in [1.807, 2.05) is 36.4 Å². The zero-order valence-corrected chi connectivity index (χ0v) is 14.9. The molecular formula is C19H25ClN2O2. The van der Waals surface area contributed by atoms with Crippen LogP contribution in [0.25, 0.3) is 11.3 Å². The summed E-state index contributed by atoms with van der Waals surface area (Å²) in [6.07, 6.45) is 2.27. The van der Waals surface area contributed by atoms with Crippen LogP contribution in [0.3, 0.4) is 0 Å². The Labute approximate surface area is 148 Å². The number of furan rings is 1. The van der Waals surface area contributed by atoms with Crippen molar-refractivity contribution in [3.8, 4) is 11.3 Å². The van der Waals surface area contributed by atoms with Crippen LogP contribution in [0.5, 0.6) is 0 Å². The fourth-order valence-electron chi connectivity index (χ4n) is 3.35. The molecule has 0 spiro atoms. The molecule has 0 amide bonds. The molecule has 4 nitrogen and oxygen atoms in total. The minimum absolute atomic E-state index is 0.171. The zero-order chi connectivity index (χ0) is 16.9. The third-order valence-corrected chi connectivity index (χ3v) is 5.08. The van der Waals surface area contributed by atoms with Gasteiger partial charge in [0.25, 0.3) is 0 Å². The smallest absolute Gasteiger partial charge is 0.135 e. The monoisotopic (exact) mass is 348 g/mol. The highest BCUT2D eigenvalue weighted by Crippen LogP contribution is 2.29. The van der Waals surface area contributed by atoms with E-state index >= 15 is 0 Å². The largest absolute Gasteiger partial charge is 0.460 e. The van der Waals surface area contributed by atoms with Gasteiger partial charge in [0, 0.05) is 18.2 Å². The van der Waals surface area contributed by atoms with Gasteiger partial charge in [-0.25, -0.2) is 0 Å². The Morgan fingerprint density at radius 1 is 1.21 bits per heavy atom. The molecule has 130 valence electrons. The normalized spacial score (nSPS) is 16.8. The van der Waals surface area contributed by atoms with E-state index in [-0.39, 0.29) is 6.61 Å². The Bertz CT molecular complexity index is 650. The molecule has 2 aromatic rings. The average Bonchev–Trinajstić information content (AvgIpc) is 3.04. The zero-order valence-electron chi connectivity index (χ0n) is 14.1. The lowest BCUT2D eigenvalue weighted by molar-refractivity contribution is 0.0885. The molecule has 0 radical (unpaired) electrons. The minimum Gasteiger partial charge on any atom is -0.460 e. The predicted molar refractivity (Wildman–Crippen MR) is 97.2 cm³/mol. The minimum atomic E-state index is 0.171. The third-order valence-electron chi connectivity index (χ3n) is 4.75. The number of rotatable bonds is 6. The van der Waals surface area contributed by atoms with E-state index in [2.05, 4.69) is 16.8 Å². The van der Waals surface area contributed by atoms with Crippen molar-refractivity contribution in [3.63, 3.8) is 0 Å². The standard InChI is InChI=1S/C19H25ClN2O2/c1-21-10-8-15(9-11-21)22(12-13-23)14-16-6-7-19(24-16)17-4-2-3-5-18(17)20/h2-7,15,23H,8-14H2,1H3. The van der Waals surface area contributed by atoms with Crippen LogP contribution in [-0.4, -0.2) is 54.2 Å². The van der Waals surface area contributed by atoms with Crippen LogP contribution in [0.2, 0.25) is 5.02 Å². The number of hydrogen-bond donors (Lipinski definition) is 1. The Kier molecular flexibility index (Phi) is 5.95. The molecule has 1 aliphatic heterocycles. The van der Waals surface area contributed by atoms with Crippen molar-refractivity contribution in [2.24, 2.45) is 0 Å². The first-order valence-electron chi connectivity index (χ1n) is 8.54. The Morgan fingerprint density at radius 2 is 1.96 bits per heavy atom. The maximum atomic E-state index is 9.42. The summed E-state index contributed by atoms with van der Waals surface area (Å²) in [5, 5.41) is 10.1. The van der Waals surface area contributed by atoms with E-state index in [9.17, 15) is 5.11 Å². The summed E-state index contributed by atoms with van der Waals surface area (Å²) in [6, 6.07) is 12.2. The predicted octanol–water partition coefficient (Wildman–Crippen LogP) is 3.49. The maximum absolute atomic E-state index is 9.42. The van der Waals surface area contributed by atoms with Crippen LogP contribution in [0.4, 0.5) is 0 Å². The number of aliphatic hydroxyl groups excluding tert-OH is 1. The molecule has 5 heteroatoms. The molecule has 0 saturated carbocycles. The van der Waals surface area contributed by atoms with Crippen LogP contribution < -0.4 is 0 Å². The molecule has 3 rings (SSSR count). The van der Waals surface area contributed by atoms with Crippen LogP contribution in [0.15, 0.2) is 40.8 Å². The lowest BCUT2D eigenvalue weighted by Gasteiger charge is -2.36. The molecule has 1 aliphatic rings. The van der Waals surface area contributed by atoms with Gasteiger partial charge in [-0.3, -0.25) is 4.90 Å². The van der Waals surface area contributed by atoms with Crippen molar-refractivity contribution in [1.82, 2.24) is 9.80 Å². The number of hydrogen-bond acceptors (Lipinski definition) is 4. The number of piperidine rings is 1. The second-order valence-electron chi connectivity index (χ2n) is 6.47. The van der Waals surface area contributed by atoms with E-state index in [0.717, 1.165) is 49.6 Å². The Hall–Kier alpha value is -1.33. The van der Waals surface area contributed by atoms with Crippen molar-refractivity contribution < 1.29 is 9.52 Å². The quantitative estimate of drug-likeness (QED) is 0.867. The maximum Gasteiger partial charge on any atom is 0.135 e. The lowest BCUT2D eigenvalue weighted by Crippen LogP contribution is -2.44. The number of nitrogens with zero attached hydrogens (tertiary/aromatic N) is 2.